The molecule has 118 valence electrons. The quantitative estimate of drug-likeness (QED) is 0.626. The molecule has 2 atom stereocenters. The number of likely N-dealkylation sites (tertiary alicyclic amines) is 1. The fourth-order valence-electron chi connectivity index (χ4n) is 3.37. The van der Waals surface area contributed by atoms with Crippen LogP contribution < -0.4 is 16.0 Å². The summed E-state index contributed by atoms with van der Waals surface area (Å²) in [7, 11) is 1.68. The van der Waals surface area contributed by atoms with Crippen molar-refractivity contribution in [3.05, 3.63) is 28.8 Å². The van der Waals surface area contributed by atoms with Gasteiger partial charge in [-0.25, -0.2) is 0 Å². The average molecular weight is 312 g/mol. The molecule has 1 aliphatic heterocycles. The first kappa shape index (κ1) is 16.6. The fraction of sp³-hybridized carbons (Fsp3) is 0.625. The Kier molecular flexibility index (Phi) is 5.49. The van der Waals surface area contributed by atoms with Crippen LogP contribution in [0, 0.1) is 0 Å². The summed E-state index contributed by atoms with van der Waals surface area (Å²) < 4.78 is 5.51. The summed E-state index contributed by atoms with van der Waals surface area (Å²) in [5, 5.41) is 0.700. The predicted octanol–water partition coefficient (Wildman–Crippen LogP) is 3.12. The fourth-order valence-corrected chi connectivity index (χ4v) is 3.55. The lowest BCUT2D eigenvalue weighted by Gasteiger charge is -2.44. The van der Waals surface area contributed by atoms with Crippen LogP contribution in [-0.2, 0) is 0 Å². The molecule has 0 aromatic heterocycles. The number of nitrogens with zero attached hydrogens (tertiary/aromatic N) is 1. The average Bonchev–Trinajstić information content (AvgIpc) is 3.03. The summed E-state index contributed by atoms with van der Waals surface area (Å²) in [6, 6.07) is 5.67. The maximum atomic E-state index is 6.19. The van der Waals surface area contributed by atoms with Crippen molar-refractivity contribution < 1.29 is 4.74 Å². The molecule has 1 saturated heterocycles. The SMILES string of the molecule is CCC(C)(C(NN)c1cc(Cl)ccc1OC)N1CCCC1. The third-order valence-corrected chi connectivity index (χ3v) is 5.07. The zero-order chi connectivity index (χ0) is 15.5. The minimum Gasteiger partial charge on any atom is -0.496 e. The van der Waals surface area contributed by atoms with Gasteiger partial charge in [-0.1, -0.05) is 18.5 Å². The molecule has 1 aliphatic rings. The molecule has 0 amide bonds. The summed E-state index contributed by atoms with van der Waals surface area (Å²) in [5.41, 5.74) is 3.96. The molecule has 21 heavy (non-hydrogen) atoms. The lowest BCUT2D eigenvalue weighted by Crippen LogP contribution is -2.54. The number of methoxy groups -OCH3 is 1. The molecule has 3 N–H and O–H groups in total. The van der Waals surface area contributed by atoms with Crippen LogP contribution in [-0.4, -0.2) is 30.6 Å². The first-order valence-corrected chi connectivity index (χ1v) is 7.99. The van der Waals surface area contributed by atoms with E-state index in [9.17, 15) is 0 Å². The van der Waals surface area contributed by atoms with Crippen molar-refractivity contribution in [2.75, 3.05) is 20.2 Å². The molecule has 5 heteroatoms. The van der Waals surface area contributed by atoms with Crippen LogP contribution in [0.15, 0.2) is 18.2 Å². The van der Waals surface area contributed by atoms with Crippen molar-refractivity contribution in [1.29, 1.82) is 0 Å². The maximum absolute atomic E-state index is 6.19. The normalized spacial score (nSPS) is 20.2. The van der Waals surface area contributed by atoms with Gasteiger partial charge in [-0.3, -0.25) is 16.2 Å². The van der Waals surface area contributed by atoms with Gasteiger partial charge in [-0.2, -0.15) is 0 Å². The van der Waals surface area contributed by atoms with E-state index in [4.69, 9.17) is 22.2 Å². The Balaban J connectivity index is 2.43. The van der Waals surface area contributed by atoms with E-state index >= 15 is 0 Å². The van der Waals surface area contributed by atoms with Crippen LogP contribution >= 0.6 is 11.6 Å². The van der Waals surface area contributed by atoms with Crippen molar-refractivity contribution in [2.45, 2.75) is 44.7 Å². The molecule has 0 saturated carbocycles. The maximum Gasteiger partial charge on any atom is 0.123 e. The second kappa shape index (κ2) is 6.97. The molecule has 1 aromatic carbocycles. The number of nitrogens with one attached hydrogen (secondary N) is 1. The Hall–Kier alpha value is -0.810. The highest BCUT2D eigenvalue weighted by Crippen LogP contribution is 2.40. The highest BCUT2D eigenvalue weighted by molar-refractivity contribution is 6.30. The molecule has 0 bridgehead atoms. The van der Waals surface area contributed by atoms with E-state index in [1.54, 1.807) is 7.11 Å². The summed E-state index contributed by atoms with van der Waals surface area (Å²) >= 11 is 6.19. The molecule has 4 nitrogen and oxygen atoms in total. The number of halogens is 1. The van der Waals surface area contributed by atoms with Crippen molar-refractivity contribution in [1.82, 2.24) is 10.3 Å². The summed E-state index contributed by atoms with van der Waals surface area (Å²) in [4.78, 5) is 2.53. The van der Waals surface area contributed by atoms with E-state index in [0.29, 0.717) is 5.02 Å². The second-order valence-corrected chi connectivity index (χ2v) is 6.33. The summed E-state index contributed by atoms with van der Waals surface area (Å²) in [5.74, 6) is 6.75. The summed E-state index contributed by atoms with van der Waals surface area (Å²) in [6.45, 7) is 6.71. The van der Waals surface area contributed by atoms with Gasteiger partial charge in [0.25, 0.3) is 0 Å². The number of ether oxygens (including phenoxy) is 1. The van der Waals surface area contributed by atoms with Crippen molar-refractivity contribution in [2.24, 2.45) is 5.84 Å². The highest BCUT2D eigenvalue weighted by Gasteiger charge is 2.41. The van der Waals surface area contributed by atoms with Crippen LogP contribution in [0.1, 0.15) is 44.7 Å². The topological polar surface area (TPSA) is 50.5 Å². The third-order valence-electron chi connectivity index (χ3n) is 4.84. The molecule has 1 fully saturated rings. The highest BCUT2D eigenvalue weighted by atomic mass is 35.5. The Labute approximate surface area is 132 Å². The molecule has 1 heterocycles. The van der Waals surface area contributed by atoms with Gasteiger partial charge in [-0.05, 0) is 57.5 Å². The molecule has 1 aromatic rings. The van der Waals surface area contributed by atoms with Crippen LogP contribution in [0.5, 0.6) is 5.75 Å². The number of rotatable bonds is 6. The van der Waals surface area contributed by atoms with Gasteiger partial charge in [0.1, 0.15) is 5.75 Å². The van der Waals surface area contributed by atoms with Gasteiger partial charge < -0.3 is 4.74 Å². The van der Waals surface area contributed by atoms with Crippen molar-refractivity contribution >= 4 is 11.6 Å². The molecule has 2 rings (SSSR count). The standard InChI is InChI=1S/C16H26ClN3O/c1-4-16(2,20-9-5-6-10-20)15(19-18)13-11-12(17)7-8-14(13)21-3/h7-8,11,15,19H,4-6,9-10,18H2,1-3H3. The van der Waals surface area contributed by atoms with Gasteiger partial charge in [0.05, 0.1) is 13.2 Å². The number of nitrogens with two attached hydrogens (primary N) is 1. The van der Waals surface area contributed by atoms with Gasteiger partial charge in [0.2, 0.25) is 0 Å². The Morgan fingerprint density at radius 3 is 2.62 bits per heavy atom. The van der Waals surface area contributed by atoms with E-state index < -0.39 is 0 Å². The molecule has 0 radical (unpaired) electrons. The van der Waals surface area contributed by atoms with E-state index in [0.717, 1.165) is 30.8 Å². The summed E-state index contributed by atoms with van der Waals surface area (Å²) in [6.07, 6.45) is 3.50. The van der Waals surface area contributed by atoms with Crippen LogP contribution in [0.2, 0.25) is 5.02 Å². The van der Waals surface area contributed by atoms with E-state index in [2.05, 4.69) is 24.2 Å². The van der Waals surface area contributed by atoms with Gasteiger partial charge >= 0.3 is 0 Å². The Morgan fingerprint density at radius 2 is 2.10 bits per heavy atom. The zero-order valence-corrected chi connectivity index (χ0v) is 13.9. The lowest BCUT2D eigenvalue weighted by atomic mass is 9.83. The molecule has 2 unspecified atom stereocenters. The predicted molar refractivity (Wildman–Crippen MR) is 87.6 cm³/mol. The van der Waals surface area contributed by atoms with E-state index in [1.807, 2.05) is 18.2 Å². The molecular formula is C16H26ClN3O. The minimum atomic E-state index is -0.0663. The molecular weight excluding hydrogens is 286 g/mol. The van der Waals surface area contributed by atoms with Crippen LogP contribution in [0.25, 0.3) is 0 Å². The third kappa shape index (κ3) is 3.19. The molecule has 0 aliphatic carbocycles. The van der Waals surface area contributed by atoms with Crippen LogP contribution in [0.3, 0.4) is 0 Å². The van der Waals surface area contributed by atoms with Gasteiger partial charge in [0.15, 0.2) is 0 Å². The van der Waals surface area contributed by atoms with E-state index in [-0.39, 0.29) is 11.6 Å². The Morgan fingerprint density at radius 1 is 1.43 bits per heavy atom. The number of benzene rings is 1. The second-order valence-electron chi connectivity index (χ2n) is 5.89. The van der Waals surface area contributed by atoms with E-state index in [1.165, 1.54) is 12.8 Å². The van der Waals surface area contributed by atoms with Gasteiger partial charge in [-0.15, -0.1) is 0 Å². The zero-order valence-electron chi connectivity index (χ0n) is 13.2. The number of hydrogen-bond donors (Lipinski definition) is 2. The monoisotopic (exact) mass is 311 g/mol. The van der Waals surface area contributed by atoms with Crippen LogP contribution in [0.4, 0.5) is 0 Å². The first-order chi connectivity index (χ1) is 10.1. The Bertz CT molecular complexity index is 477. The lowest BCUT2D eigenvalue weighted by molar-refractivity contribution is 0.0829. The van der Waals surface area contributed by atoms with Crippen molar-refractivity contribution in [3.8, 4) is 5.75 Å². The molecule has 0 spiro atoms. The number of hydrazine groups is 1. The van der Waals surface area contributed by atoms with Gasteiger partial charge in [0, 0.05) is 16.1 Å². The largest absolute Gasteiger partial charge is 0.496 e. The smallest absolute Gasteiger partial charge is 0.123 e. The minimum absolute atomic E-state index is 0.0331. The van der Waals surface area contributed by atoms with Crippen molar-refractivity contribution in [3.63, 3.8) is 0 Å². The number of hydrogen-bond acceptors (Lipinski definition) is 4. The first-order valence-electron chi connectivity index (χ1n) is 7.61.